The average Bonchev–Trinajstić information content (AvgIpc) is 2.28. The molecule has 1 aliphatic heterocycles. The van der Waals surface area contributed by atoms with E-state index in [1.54, 1.807) is 4.31 Å². The molecular weight excluding hydrogens is 252 g/mol. The predicted molar refractivity (Wildman–Crippen MR) is 72.6 cm³/mol. The van der Waals surface area contributed by atoms with Crippen molar-refractivity contribution >= 4 is 10.2 Å². The Kier molecular flexibility index (Phi) is 6.55. The highest BCUT2D eigenvalue weighted by Gasteiger charge is 2.28. The molecule has 0 radical (unpaired) electrons. The van der Waals surface area contributed by atoms with Crippen LogP contribution in [0.3, 0.4) is 0 Å². The van der Waals surface area contributed by atoms with Crippen LogP contribution in [0.2, 0.25) is 0 Å². The summed E-state index contributed by atoms with van der Waals surface area (Å²) in [5, 5.41) is 0. The molecule has 5 nitrogen and oxygen atoms in total. The van der Waals surface area contributed by atoms with Crippen LogP contribution in [0.5, 0.6) is 0 Å². The van der Waals surface area contributed by atoms with Crippen LogP contribution in [-0.4, -0.2) is 44.6 Å². The van der Waals surface area contributed by atoms with Crippen LogP contribution in [0.15, 0.2) is 0 Å². The first-order valence-electron chi connectivity index (χ1n) is 6.81. The first-order chi connectivity index (χ1) is 8.43. The van der Waals surface area contributed by atoms with E-state index in [-0.39, 0.29) is 12.1 Å². The highest BCUT2D eigenvalue weighted by Crippen LogP contribution is 2.18. The zero-order valence-corrected chi connectivity index (χ0v) is 12.5. The third-order valence-corrected chi connectivity index (χ3v) is 4.84. The van der Waals surface area contributed by atoms with E-state index >= 15 is 0 Å². The number of nitrogens with zero attached hydrogens (tertiary/aromatic N) is 1. The van der Waals surface area contributed by atoms with Crippen molar-refractivity contribution in [3.8, 4) is 0 Å². The van der Waals surface area contributed by atoms with Gasteiger partial charge in [-0.2, -0.15) is 12.7 Å². The minimum absolute atomic E-state index is 0.114. The second kappa shape index (κ2) is 7.43. The Bertz CT molecular complexity index is 330. The van der Waals surface area contributed by atoms with Gasteiger partial charge in [0.1, 0.15) is 0 Å². The summed E-state index contributed by atoms with van der Waals surface area (Å²) < 4.78 is 33.7. The third-order valence-electron chi connectivity index (χ3n) is 3.11. The van der Waals surface area contributed by atoms with Crippen molar-refractivity contribution in [3.63, 3.8) is 0 Å². The van der Waals surface area contributed by atoms with E-state index in [2.05, 4.69) is 4.72 Å². The minimum atomic E-state index is -3.31. The maximum absolute atomic E-state index is 12.1. The maximum Gasteiger partial charge on any atom is 0.279 e. The van der Waals surface area contributed by atoms with Crippen LogP contribution in [0.25, 0.3) is 0 Å². The van der Waals surface area contributed by atoms with E-state index in [0.29, 0.717) is 26.1 Å². The van der Waals surface area contributed by atoms with Crippen molar-refractivity contribution in [2.45, 2.75) is 58.6 Å². The molecule has 0 aromatic heterocycles. The molecule has 1 rings (SSSR count). The summed E-state index contributed by atoms with van der Waals surface area (Å²) in [5.74, 6) is 0. The summed E-state index contributed by atoms with van der Waals surface area (Å²) in [7, 11) is -3.31. The average molecular weight is 278 g/mol. The van der Waals surface area contributed by atoms with Gasteiger partial charge in [-0.05, 0) is 40.0 Å². The van der Waals surface area contributed by atoms with Crippen molar-refractivity contribution in [1.82, 2.24) is 9.03 Å². The molecule has 0 amide bonds. The highest BCUT2D eigenvalue weighted by molar-refractivity contribution is 7.87. The number of rotatable bonds is 7. The molecule has 1 aliphatic rings. The van der Waals surface area contributed by atoms with Gasteiger partial charge in [0.25, 0.3) is 10.2 Å². The second-order valence-electron chi connectivity index (χ2n) is 5.13. The van der Waals surface area contributed by atoms with Gasteiger partial charge in [-0.15, -0.1) is 0 Å². The van der Waals surface area contributed by atoms with Crippen LogP contribution in [-0.2, 0) is 14.9 Å². The molecule has 18 heavy (non-hydrogen) atoms. The SMILES string of the molecule is CC(C)OCCCNS(=O)(=O)N1CCCCC1C. The lowest BCUT2D eigenvalue weighted by Crippen LogP contribution is -2.48. The van der Waals surface area contributed by atoms with Crippen LogP contribution in [0.4, 0.5) is 0 Å². The maximum atomic E-state index is 12.1. The van der Waals surface area contributed by atoms with Gasteiger partial charge in [0, 0.05) is 25.7 Å². The van der Waals surface area contributed by atoms with Gasteiger partial charge < -0.3 is 4.74 Å². The molecule has 1 fully saturated rings. The van der Waals surface area contributed by atoms with Crippen LogP contribution in [0.1, 0.15) is 46.5 Å². The zero-order valence-electron chi connectivity index (χ0n) is 11.7. The van der Waals surface area contributed by atoms with Gasteiger partial charge >= 0.3 is 0 Å². The molecule has 0 aliphatic carbocycles. The van der Waals surface area contributed by atoms with Crippen molar-refractivity contribution < 1.29 is 13.2 Å². The molecule has 1 unspecified atom stereocenters. The Hall–Kier alpha value is -0.170. The Labute approximate surface area is 111 Å². The molecule has 0 spiro atoms. The fourth-order valence-corrected chi connectivity index (χ4v) is 3.62. The molecule has 0 aromatic rings. The van der Waals surface area contributed by atoms with Crippen molar-refractivity contribution in [2.24, 2.45) is 0 Å². The molecule has 1 atom stereocenters. The largest absolute Gasteiger partial charge is 0.379 e. The number of hydrogen-bond donors (Lipinski definition) is 1. The monoisotopic (exact) mass is 278 g/mol. The van der Waals surface area contributed by atoms with Crippen molar-refractivity contribution in [2.75, 3.05) is 19.7 Å². The van der Waals surface area contributed by atoms with E-state index in [1.165, 1.54) is 0 Å². The normalized spacial score (nSPS) is 22.6. The molecule has 1 saturated heterocycles. The number of piperidine rings is 1. The summed E-state index contributed by atoms with van der Waals surface area (Å²) in [6, 6.07) is 0.114. The Morgan fingerprint density at radius 1 is 1.39 bits per heavy atom. The van der Waals surface area contributed by atoms with E-state index in [9.17, 15) is 8.42 Å². The fraction of sp³-hybridized carbons (Fsp3) is 1.00. The summed E-state index contributed by atoms with van der Waals surface area (Å²) in [6.45, 7) is 7.59. The molecule has 0 aromatic carbocycles. The van der Waals surface area contributed by atoms with Gasteiger partial charge in [0.2, 0.25) is 0 Å². The predicted octanol–water partition coefficient (Wildman–Crippen LogP) is 1.51. The number of ether oxygens (including phenoxy) is 1. The van der Waals surface area contributed by atoms with Crippen LogP contribution in [0, 0.1) is 0 Å². The smallest absolute Gasteiger partial charge is 0.279 e. The first-order valence-corrected chi connectivity index (χ1v) is 8.25. The second-order valence-corrected chi connectivity index (χ2v) is 6.84. The summed E-state index contributed by atoms with van der Waals surface area (Å²) in [4.78, 5) is 0. The quantitative estimate of drug-likeness (QED) is 0.718. The molecule has 108 valence electrons. The Morgan fingerprint density at radius 2 is 2.11 bits per heavy atom. The summed E-state index contributed by atoms with van der Waals surface area (Å²) in [6.07, 6.45) is 3.94. The van der Waals surface area contributed by atoms with E-state index in [4.69, 9.17) is 4.74 Å². The zero-order chi connectivity index (χ0) is 13.6. The minimum Gasteiger partial charge on any atom is -0.379 e. The van der Waals surface area contributed by atoms with Crippen molar-refractivity contribution in [1.29, 1.82) is 0 Å². The first kappa shape index (κ1) is 15.9. The topological polar surface area (TPSA) is 58.6 Å². The van der Waals surface area contributed by atoms with E-state index in [0.717, 1.165) is 19.3 Å². The lowest BCUT2D eigenvalue weighted by Gasteiger charge is -2.32. The van der Waals surface area contributed by atoms with Crippen LogP contribution < -0.4 is 4.72 Å². The number of nitrogens with one attached hydrogen (secondary N) is 1. The van der Waals surface area contributed by atoms with E-state index < -0.39 is 10.2 Å². The lowest BCUT2D eigenvalue weighted by molar-refractivity contribution is 0.0777. The van der Waals surface area contributed by atoms with Gasteiger partial charge in [0.15, 0.2) is 0 Å². The van der Waals surface area contributed by atoms with Crippen molar-refractivity contribution in [3.05, 3.63) is 0 Å². The molecule has 1 heterocycles. The standard InChI is InChI=1S/C12H26N2O3S/c1-11(2)17-10-6-8-13-18(15,16)14-9-5-4-7-12(14)3/h11-13H,4-10H2,1-3H3. The molecule has 6 heteroatoms. The lowest BCUT2D eigenvalue weighted by atomic mass is 10.1. The Balaban J connectivity index is 2.30. The van der Waals surface area contributed by atoms with Crippen LogP contribution >= 0.6 is 0 Å². The van der Waals surface area contributed by atoms with Gasteiger partial charge in [-0.1, -0.05) is 6.42 Å². The van der Waals surface area contributed by atoms with Gasteiger partial charge in [-0.25, -0.2) is 4.72 Å². The van der Waals surface area contributed by atoms with Gasteiger partial charge in [0.05, 0.1) is 6.10 Å². The summed E-state index contributed by atoms with van der Waals surface area (Å²) in [5.41, 5.74) is 0. The van der Waals surface area contributed by atoms with Gasteiger partial charge in [-0.3, -0.25) is 0 Å². The Morgan fingerprint density at radius 3 is 2.72 bits per heavy atom. The number of hydrogen-bond acceptors (Lipinski definition) is 3. The third kappa shape index (κ3) is 5.22. The molecule has 0 saturated carbocycles. The van der Waals surface area contributed by atoms with E-state index in [1.807, 2.05) is 20.8 Å². The molecule has 0 bridgehead atoms. The summed E-state index contributed by atoms with van der Waals surface area (Å²) >= 11 is 0. The molecule has 1 N–H and O–H groups in total. The molecular formula is C12H26N2O3S. The highest BCUT2D eigenvalue weighted by atomic mass is 32.2. The fourth-order valence-electron chi connectivity index (χ4n) is 2.10.